The van der Waals surface area contributed by atoms with Crippen LogP contribution in [0.2, 0.25) is 0 Å². The minimum Gasteiger partial charge on any atom is -0.275 e. The molecule has 0 atom stereocenters. The van der Waals surface area contributed by atoms with Crippen LogP contribution in [0.15, 0.2) is 12.2 Å². The Balaban J connectivity index is 2.05. The summed E-state index contributed by atoms with van der Waals surface area (Å²) >= 11 is 0. The van der Waals surface area contributed by atoms with Gasteiger partial charge in [0.1, 0.15) is 0 Å². The van der Waals surface area contributed by atoms with Crippen molar-refractivity contribution in [3.05, 3.63) is 18.6 Å². The minimum atomic E-state index is -4.22. The fourth-order valence-electron chi connectivity index (χ4n) is 1.51. The first-order valence-corrected chi connectivity index (χ1v) is 5.35. The second kappa shape index (κ2) is 5.84. The number of unbranched alkanes of at least 4 members (excludes halogenated alkanes) is 3. The lowest BCUT2D eigenvalue weighted by Gasteiger charge is -2.13. The average molecular weight is 248 g/mol. The van der Waals surface area contributed by atoms with Crippen LogP contribution in [0.4, 0.5) is 13.2 Å². The number of hydrogen-bond acceptors (Lipinski definition) is 2. The Bertz CT molecular complexity index is 305. The molecule has 1 rings (SSSR count). The highest BCUT2D eigenvalue weighted by Gasteiger charge is 2.26. The zero-order chi connectivity index (χ0) is 12.9. The molecule has 0 N–H and O–H groups in total. The van der Waals surface area contributed by atoms with Gasteiger partial charge in [0.05, 0.1) is 6.42 Å². The van der Waals surface area contributed by atoms with E-state index >= 15 is 0 Å². The summed E-state index contributed by atoms with van der Waals surface area (Å²) < 4.78 is 35.3. The smallest absolute Gasteiger partial charge is 0.275 e. The maximum atomic E-state index is 11.8. The highest BCUT2D eigenvalue weighted by molar-refractivity contribution is 6.12. The van der Waals surface area contributed by atoms with E-state index in [0.29, 0.717) is 25.7 Å². The summed E-state index contributed by atoms with van der Waals surface area (Å²) in [6.07, 6.45) is -0.0354. The Kier molecular flexibility index (Phi) is 4.72. The number of imide groups is 1. The zero-order valence-corrected chi connectivity index (χ0v) is 9.17. The van der Waals surface area contributed by atoms with E-state index in [-0.39, 0.29) is 24.8 Å². The van der Waals surface area contributed by atoms with Crippen LogP contribution in [0.1, 0.15) is 25.7 Å². The zero-order valence-electron chi connectivity index (χ0n) is 9.17. The van der Waals surface area contributed by atoms with Crippen molar-refractivity contribution in [3.8, 4) is 0 Å². The maximum Gasteiger partial charge on any atom is 0.392 e. The summed E-state index contributed by atoms with van der Waals surface area (Å²) in [7, 11) is 0. The van der Waals surface area contributed by atoms with Crippen molar-refractivity contribution in [1.29, 1.82) is 0 Å². The number of amides is 2. The summed E-state index contributed by atoms with van der Waals surface area (Å²) in [6, 6.07) is 0. The SMILES string of the molecule is O=C1C=CC(=O)N1CCCCC[CH]C(F)(F)F. The Morgan fingerprint density at radius 1 is 1.06 bits per heavy atom. The van der Waals surface area contributed by atoms with E-state index in [1.54, 1.807) is 0 Å². The van der Waals surface area contributed by atoms with Gasteiger partial charge in [0, 0.05) is 18.7 Å². The molecule has 0 saturated carbocycles. The lowest BCUT2D eigenvalue weighted by Crippen LogP contribution is -2.30. The van der Waals surface area contributed by atoms with Crippen molar-refractivity contribution in [3.63, 3.8) is 0 Å². The highest BCUT2D eigenvalue weighted by Crippen LogP contribution is 2.21. The fraction of sp³-hybridized carbons (Fsp3) is 0.545. The van der Waals surface area contributed by atoms with Crippen LogP contribution in [0, 0.1) is 6.42 Å². The van der Waals surface area contributed by atoms with Crippen LogP contribution in [0.5, 0.6) is 0 Å². The number of nitrogens with zero attached hydrogens (tertiary/aromatic N) is 1. The molecule has 0 bridgehead atoms. The predicted molar refractivity (Wildman–Crippen MR) is 54.7 cm³/mol. The van der Waals surface area contributed by atoms with Crippen LogP contribution in [-0.2, 0) is 9.59 Å². The van der Waals surface area contributed by atoms with Gasteiger partial charge >= 0.3 is 6.18 Å². The molecule has 3 nitrogen and oxygen atoms in total. The van der Waals surface area contributed by atoms with Crippen LogP contribution < -0.4 is 0 Å². The van der Waals surface area contributed by atoms with Crippen LogP contribution in [-0.4, -0.2) is 29.4 Å². The molecule has 17 heavy (non-hydrogen) atoms. The monoisotopic (exact) mass is 248 g/mol. The first kappa shape index (κ1) is 13.7. The number of rotatable bonds is 6. The molecule has 6 heteroatoms. The third-order valence-corrected chi connectivity index (χ3v) is 2.36. The second-order valence-electron chi connectivity index (χ2n) is 3.76. The Morgan fingerprint density at radius 3 is 2.18 bits per heavy atom. The first-order chi connectivity index (χ1) is 7.90. The number of alkyl halides is 3. The van der Waals surface area contributed by atoms with E-state index in [4.69, 9.17) is 0 Å². The van der Waals surface area contributed by atoms with E-state index in [2.05, 4.69) is 0 Å². The summed E-state index contributed by atoms with van der Waals surface area (Å²) in [6.45, 7) is 0.274. The third-order valence-electron chi connectivity index (χ3n) is 2.36. The van der Waals surface area contributed by atoms with Crippen molar-refractivity contribution in [2.75, 3.05) is 6.54 Å². The molecule has 0 aromatic rings. The van der Waals surface area contributed by atoms with Gasteiger partial charge in [-0.1, -0.05) is 12.8 Å². The van der Waals surface area contributed by atoms with Crippen LogP contribution in [0.3, 0.4) is 0 Å². The van der Waals surface area contributed by atoms with E-state index in [0.717, 1.165) is 4.90 Å². The predicted octanol–water partition coefficient (Wildman–Crippen LogP) is 2.24. The van der Waals surface area contributed by atoms with Gasteiger partial charge in [-0.3, -0.25) is 14.5 Å². The maximum absolute atomic E-state index is 11.8. The number of hydrogen-bond donors (Lipinski definition) is 0. The summed E-state index contributed by atoms with van der Waals surface area (Å²) in [5.74, 6) is -0.700. The molecular weight excluding hydrogens is 235 g/mol. The lowest BCUT2D eigenvalue weighted by molar-refractivity contribution is -0.136. The van der Waals surface area contributed by atoms with Gasteiger partial charge in [-0.05, 0) is 12.8 Å². The van der Waals surface area contributed by atoms with E-state index in [1.165, 1.54) is 12.2 Å². The Morgan fingerprint density at radius 2 is 1.65 bits per heavy atom. The molecule has 0 saturated heterocycles. The number of halogens is 3. The summed E-state index contributed by atoms with van der Waals surface area (Å²) in [5, 5.41) is 0. The van der Waals surface area contributed by atoms with Crippen LogP contribution in [0.25, 0.3) is 0 Å². The van der Waals surface area contributed by atoms with E-state index < -0.39 is 6.18 Å². The van der Waals surface area contributed by atoms with Gasteiger partial charge in [0.25, 0.3) is 11.8 Å². The standard InChI is InChI=1S/C11H13F3NO2/c12-11(13,14)7-3-1-2-4-8-15-9(16)5-6-10(15)17/h5-7H,1-4,8H2. The minimum absolute atomic E-state index is 0.0242. The molecule has 0 spiro atoms. The van der Waals surface area contributed by atoms with E-state index in [9.17, 15) is 22.8 Å². The van der Waals surface area contributed by atoms with Crippen molar-refractivity contribution < 1.29 is 22.8 Å². The Labute approximate surface area is 97.3 Å². The normalized spacial score (nSPS) is 16.1. The fourth-order valence-corrected chi connectivity index (χ4v) is 1.51. The Hall–Kier alpha value is -1.33. The molecule has 0 aliphatic carbocycles. The third kappa shape index (κ3) is 5.01. The van der Waals surface area contributed by atoms with Gasteiger partial charge in [0.15, 0.2) is 0 Å². The number of carbonyl (C=O) groups excluding carboxylic acids is 2. The number of carbonyl (C=O) groups is 2. The van der Waals surface area contributed by atoms with Crippen LogP contribution >= 0.6 is 0 Å². The van der Waals surface area contributed by atoms with Crippen molar-refractivity contribution >= 4 is 11.8 Å². The van der Waals surface area contributed by atoms with Crippen molar-refractivity contribution in [1.82, 2.24) is 4.90 Å². The van der Waals surface area contributed by atoms with Gasteiger partial charge in [0.2, 0.25) is 0 Å². The summed E-state index contributed by atoms with van der Waals surface area (Å²) in [4.78, 5) is 23.3. The molecule has 1 radical (unpaired) electrons. The molecule has 0 aromatic heterocycles. The summed E-state index contributed by atoms with van der Waals surface area (Å²) in [5.41, 5.74) is 0. The van der Waals surface area contributed by atoms with Gasteiger partial charge in [-0.2, -0.15) is 13.2 Å². The largest absolute Gasteiger partial charge is 0.392 e. The van der Waals surface area contributed by atoms with Gasteiger partial charge < -0.3 is 0 Å². The molecular formula is C11H13F3NO2. The average Bonchev–Trinajstić information content (AvgIpc) is 2.52. The van der Waals surface area contributed by atoms with Gasteiger partial charge in [-0.25, -0.2) is 0 Å². The molecule has 0 unspecified atom stereocenters. The quantitative estimate of drug-likeness (QED) is 0.534. The van der Waals surface area contributed by atoms with Crippen molar-refractivity contribution in [2.24, 2.45) is 0 Å². The van der Waals surface area contributed by atoms with E-state index in [1.807, 2.05) is 0 Å². The second-order valence-corrected chi connectivity index (χ2v) is 3.76. The first-order valence-electron chi connectivity index (χ1n) is 5.35. The van der Waals surface area contributed by atoms with Crippen molar-refractivity contribution in [2.45, 2.75) is 31.9 Å². The van der Waals surface area contributed by atoms with Gasteiger partial charge in [-0.15, -0.1) is 0 Å². The molecule has 1 aliphatic rings. The molecule has 1 heterocycles. The molecule has 95 valence electrons. The molecule has 0 fully saturated rings. The highest BCUT2D eigenvalue weighted by atomic mass is 19.4. The molecule has 0 aromatic carbocycles. The molecule has 1 aliphatic heterocycles. The molecule has 2 amide bonds. The topological polar surface area (TPSA) is 37.4 Å². The lowest BCUT2D eigenvalue weighted by atomic mass is 10.1.